The maximum Gasteiger partial charge on any atom is 0.255 e. The minimum Gasteiger partial charge on any atom is -0.335 e. The minimum atomic E-state index is -0.132. The molecule has 1 saturated carbocycles. The Balaban J connectivity index is 1.97. The maximum atomic E-state index is 12.6. The summed E-state index contributed by atoms with van der Waals surface area (Å²) in [6, 6.07) is 5.34. The third-order valence-electron chi connectivity index (χ3n) is 5.28. The lowest BCUT2D eigenvalue weighted by Crippen LogP contribution is -2.23. The van der Waals surface area contributed by atoms with Gasteiger partial charge in [0.1, 0.15) is 0 Å². The van der Waals surface area contributed by atoms with Gasteiger partial charge in [-0.15, -0.1) is 0 Å². The molecule has 0 spiro atoms. The van der Waals surface area contributed by atoms with Crippen LogP contribution in [-0.2, 0) is 6.42 Å². The monoisotopic (exact) mass is 396 g/mol. The molecule has 1 aliphatic carbocycles. The van der Waals surface area contributed by atoms with Crippen molar-refractivity contribution in [1.82, 2.24) is 9.97 Å². The molecule has 0 unspecified atom stereocenters. The zero-order chi connectivity index (χ0) is 18.0. The summed E-state index contributed by atoms with van der Waals surface area (Å²) in [5.41, 5.74) is 2.41. The molecule has 1 fully saturated rings. The number of hydrogen-bond donors (Lipinski definition) is 2. The summed E-state index contributed by atoms with van der Waals surface area (Å²) in [6.45, 7) is 2.25. The van der Waals surface area contributed by atoms with E-state index in [9.17, 15) is 4.79 Å². The number of aromatic nitrogens is 2. The number of nitrogens with one attached hydrogen (secondary N) is 2. The number of hydrogen-bond acceptors (Lipinski definition) is 2. The number of rotatable bonds is 4. The van der Waals surface area contributed by atoms with Gasteiger partial charge in [-0.25, -0.2) is 0 Å². The summed E-state index contributed by atoms with van der Waals surface area (Å²) in [6.07, 6.45) is 6.25. The minimum absolute atomic E-state index is 0.132. The summed E-state index contributed by atoms with van der Waals surface area (Å²) in [5.74, 6) is 1.15. The van der Waals surface area contributed by atoms with Crippen molar-refractivity contribution in [1.29, 1.82) is 0 Å². The van der Waals surface area contributed by atoms with Gasteiger partial charge in [0.2, 0.25) is 0 Å². The van der Waals surface area contributed by atoms with E-state index in [2.05, 4.69) is 16.9 Å². The Morgan fingerprint density at radius 1 is 1.16 bits per heavy atom. The van der Waals surface area contributed by atoms with Crippen LogP contribution in [0.3, 0.4) is 0 Å². The molecule has 6 heteroatoms. The number of benzene rings is 1. The van der Waals surface area contributed by atoms with Crippen LogP contribution in [0, 0.1) is 10.7 Å². The second-order valence-electron chi connectivity index (χ2n) is 6.84. The van der Waals surface area contributed by atoms with Crippen molar-refractivity contribution in [3.63, 3.8) is 0 Å². The summed E-state index contributed by atoms with van der Waals surface area (Å²) >= 11 is 17.6. The highest BCUT2D eigenvalue weighted by atomic mass is 35.5. The predicted molar refractivity (Wildman–Crippen MR) is 107 cm³/mol. The Bertz CT molecular complexity index is 866. The van der Waals surface area contributed by atoms with E-state index in [1.54, 1.807) is 12.1 Å². The first-order valence-electron chi connectivity index (χ1n) is 8.77. The molecule has 3 nitrogen and oxygen atoms in total. The number of halogens is 2. The van der Waals surface area contributed by atoms with E-state index in [4.69, 9.17) is 35.4 Å². The summed E-state index contributed by atoms with van der Waals surface area (Å²) < 4.78 is 0.388. The Hall–Kier alpha value is -1.10. The van der Waals surface area contributed by atoms with Crippen LogP contribution in [0.1, 0.15) is 61.8 Å². The molecule has 0 aliphatic heterocycles. The lowest BCUT2D eigenvalue weighted by Gasteiger charge is -2.29. The Labute approximate surface area is 162 Å². The fourth-order valence-electron chi connectivity index (χ4n) is 3.78. The molecule has 0 bridgehead atoms. The topological polar surface area (TPSA) is 48.6 Å². The van der Waals surface area contributed by atoms with Gasteiger partial charge in [0.05, 0.1) is 0 Å². The standard InChI is InChI=1S/C19H22Cl2N2OS/c1-2-11-3-5-12(6-4-11)17-15(18(24)23-19(25)22-17)10-13-9-14(20)7-8-16(13)21/h7-9,11-12H,2-6,10H2,1H3,(H2,22,23,24,25). The van der Waals surface area contributed by atoms with Crippen LogP contribution in [0.25, 0.3) is 0 Å². The van der Waals surface area contributed by atoms with E-state index < -0.39 is 0 Å². The number of H-pyrrole nitrogens is 2. The van der Waals surface area contributed by atoms with Gasteiger partial charge in [-0.3, -0.25) is 9.78 Å². The van der Waals surface area contributed by atoms with Gasteiger partial charge in [0.15, 0.2) is 4.77 Å². The van der Waals surface area contributed by atoms with Crippen molar-refractivity contribution in [2.24, 2.45) is 5.92 Å². The molecule has 1 aromatic heterocycles. The smallest absolute Gasteiger partial charge is 0.255 e. The Morgan fingerprint density at radius 3 is 2.56 bits per heavy atom. The molecule has 134 valence electrons. The second kappa shape index (κ2) is 8.07. The van der Waals surface area contributed by atoms with Crippen molar-refractivity contribution >= 4 is 35.4 Å². The van der Waals surface area contributed by atoms with E-state index in [0.717, 1.165) is 35.6 Å². The van der Waals surface area contributed by atoms with Gasteiger partial charge in [0.25, 0.3) is 5.56 Å². The SMILES string of the molecule is CCC1CCC(c2[nH]c(=S)[nH]c(=O)c2Cc2cc(Cl)ccc2Cl)CC1. The van der Waals surface area contributed by atoms with Gasteiger partial charge in [-0.2, -0.15) is 0 Å². The van der Waals surface area contributed by atoms with Crippen molar-refractivity contribution in [2.75, 3.05) is 0 Å². The summed E-state index contributed by atoms with van der Waals surface area (Å²) in [5, 5.41) is 1.23. The van der Waals surface area contributed by atoms with E-state index >= 15 is 0 Å². The molecule has 2 aromatic rings. The first-order valence-corrected chi connectivity index (χ1v) is 9.93. The average molecular weight is 397 g/mol. The lowest BCUT2D eigenvalue weighted by molar-refractivity contribution is 0.314. The average Bonchev–Trinajstić information content (AvgIpc) is 2.60. The van der Waals surface area contributed by atoms with Crippen LogP contribution >= 0.6 is 35.4 Å². The molecule has 1 aliphatic rings. The van der Waals surface area contributed by atoms with Crippen molar-refractivity contribution < 1.29 is 0 Å². The van der Waals surface area contributed by atoms with Gasteiger partial charge >= 0.3 is 0 Å². The van der Waals surface area contributed by atoms with Gasteiger partial charge < -0.3 is 4.98 Å². The first kappa shape index (κ1) is 18.7. The van der Waals surface area contributed by atoms with Crippen LogP contribution in [-0.4, -0.2) is 9.97 Å². The maximum absolute atomic E-state index is 12.6. The van der Waals surface area contributed by atoms with Gasteiger partial charge in [-0.1, -0.05) is 36.5 Å². The van der Waals surface area contributed by atoms with E-state index in [-0.39, 0.29) is 5.56 Å². The fraction of sp³-hybridized carbons (Fsp3) is 0.474. The predicted octanol–water partition coefficient (Wildman–Crippen LogP) is 6.01. The van der Waals surface area contributed by atoms with E-state index in [1.165, 1.54) is 19.3 Å². The highest BCUT2D eigenvalue weighted by Crippen LogP contribution is 2.37. The first-order chi connectivity index (χ1) is 12.0. The molecule has 1 heterocycles. The van der Waals surface area contributed by atoms with Crippen LogP contribution in [0.15, 0.2) is 23.0 Å². The second-order valence-corrected chi connectivity index (χ2v) is 8.09. The molecule has 3 rings (SSSR count). The Kier molecular flexibility index (Phi) is 6.03. The highest BCUT2D eigenvalue weighted by molar-refractivity contribution is 7.71. The molecular formula is C19H22Cl2N2OS. The normalized spacial score (nSPS) is 20.6. The van der Waals surface area contributed by atoms with Crippen molar-refractivity contribution in [3.05, 3.63) is 60.2 Å². The van der Waals surface area contributed by atoms with Crippen molar-refractivity contribution in [3.8, 4) is 0 Å². The molecule has 0 amide bonds. The van der Waals surface area contributed by atoms with E-state index in [1.807, 2.05) is 6.07 Å². The zero-order valence-electron chi connectivity index (χ0n) is 14.2. The van der Waals surface area contributed by atoms with Crippen LogP contribution < -0.4 is 5.56 Å². The molecule has 2 N–H and O–H groups in total. The Morgan fingerprint density at radius 2 is 1.88 bits per heavy atom. The third kappa shape index (κ3) is 4.36. The van der Waals surface area contributed by atoms with Crippen LogP contribution in [0.4, 0.5) is 0 Å². The van der Waals surface area contributed by atoms with Crippen LogP contribution in [0.5, 0.6) is 0 Å². The third-order valence-corrected chi connectivity index (χ3v) is 6.09. The highest BCUT2D eigenvalue weighted by Gasteiger charge is 2.25. The molecular weight excluding hydrogens is 375 g/mol. The summed E-state index contributed by atoms with van der Waals surface area (Å²) in [4.78, 5) is 18.6. The quantitative estimate of drug-likeness (QED) is 0.621. The molecule has 0 radical (unpaired) electrons. The molecule has 25 heavy (non-hydrogen) atoms. The fourth-order valence-corrected chi connectivity index (χ4v) is 4.36. The van der Waals surface area contributed by atoms with Gasteiger partial charge in [0, 0.05) is 27.7 Å². The summed E-state index contributed by atoms with van der Waals surface area (Å²) in [7, 11) is 0. The van der Waals surface area contributed by atoms with Crippen LogP contribution in [0.2, 0.25) is 10.0 Å². The molecule has 1 aromatic carbocycles. The zero-order valence-corrected chi connectivity index (χ0v) is 16.5. The van der Waals surface area contributed by atoms with Crippen molar-refractivity contribution in [2.45, 2.75) is 51.4 Å². The largest absolute Gasteiger partial charge is 0.335 e. The molecule has 0 saturated heterocycles. The van der Waals surface area contributed by atoms with E-state index in [0.29, 0.717) is 27.2 Å². The molecule has 0 atom stereocenters. The lowest BCUT2D eigenvalue weighted by atomic mass is 9.78. The number of aromatic amines is 2. The van der Waals surface area contributed by atoms with Gasteiger partial charge in [-0.05, 0) is 73.5 Å².